The molecule has 2 aromatic rings. The number of nitrogens with zero attached hydrogens (tertiary/aromatic N) is 1. The van der Waals surface area contributed by atoms with Crippen LogP contribution in [0, 0.1) is 0 Å². The Balaban J connectivity index is 2.88. The molecule has 1 N–H and O–H groups in total. The second kappa shape index (κ2) is 5.27. The van der Waals surface area contributed by atoms with E-state index >= 15 is 0 Å². The van der Waals surface area contributed by atoms with E-state index < -0.39 is 0 Å². The smallest absolute Gasteiger partial charge is 0.133 e. The van der Waals surface area contributed by atoms with E-state index in [0.717, 1.165) is 15.2 Å². The molecule has 0 heterocycles. The van der Waals surface area contributed by atoms with Crippen molar-refractivity contribution in [3.05, 3.63) is 34.3 Å². The van der Waals surface area contributed by atoms with Gasteiger partial charge in [0.25, 0.3) is 0 Å². The first-order chi connectivity index (χ1) is 8.72. The number of methoxy groups -OCH3 is 2. The fourth-order valence-electron chi connectivity index (χ4n) is 1.88. The van der Waals surface area contributed by atoms with Crippen LogP contribution in [0.5, 0.6) is 11.5 Å². The van der Waals surface area contributed by atoms with Gasteiger partial charge in [-0.25, -0.2) is 0 Å². The highest BCUT2D eigenvalue weighted by Gasteiger charge is 2.13. The molecular formula is C13H12BrNO3. The lowest BCUT2D eigenvalue weighted by molar-refractivity contribution is 0.321. The number of halogens is 1. The summed E-state index contributed by atoms with van der Waals surface area (Å²) in [4.78, 5) is 0. The van der Waals surface area contributed by atoms with E-state index in [0.29, 0.717) is 17.1 Å². The standard InChI is InChI=1S/C13H12BrNO3/c1-17-10-5-3-8-4-6-11(18-2)13(14)12(8)9(10)7-15-16/h3-7,16H,1-2H3/b15-7+. The predicted octanol–water partition coefficient (Wildman–Crippen LogP) is 3.43. The lowest BCUT2D eigenvalue weighted by Crippen LogP contribution is -1.94. The van der Waals surface area contributed by atoms with Crippen molar-refractivity contribution in [3.8, 4) is 11.5 Å². The molecule has 0 aliphatic carbocycles. The molecule has 0 saturated heterocycles. The fraction of sp³-hybridized carbons (Fsp3) is 0.154. The van der Waals surface area contributed by atoms with Crippen molar-refractivity contribution in [2.45, 2.75) is 0 Å². The maximum absolute atomic E-state index is 8.78. The topological polar surface area (TPSA) is 51.0 Å². The van der Waals surface area contributed by atoms with E-state index in [1.54, 1.807) is 14.2 Å². The van der Waals surface area contributed by atoms with Gasteiger partial charge in [-0.2, -0.15) is 0 Å². The first kappa shape index (κ1) is 12.7. The summed E-state index contributed by atoms with van der Waals surface area (Å²) < 4.78 is 11.3. The Labute approximate surface area is 113 Å². The van der Waals surface area contributed by atoms with Crippen LogP contribution in [0.2, 0.25) is 0 Å². The van der Waals surface area contributed by atoms with Gasteiger partial charge < -0.3 is 14.7 Å². The van der Waals surface area contributed by atoms with Crippen molar-refractivity contribution >= 4 is 32.9 Å². The van der Waals surface area contributed by atoms with Gasteiger partial charge in [0.1, 0.15) is 11.5 Å². The molecule has 0 unspecified atom stereocenters. The molecule has 18 heavy (non-hydrogen) atoms. The Kier molecular flexibility index (Phi) is 3.72. The van der Waals surface area contributed by atoms with E-state index in [4.69, 9.17) is 14.7 Å². The first-order valence-corrected chi connectivity index (χ1v) is 6.02. The number of hydrogen-bond acceptors (Lipinski definition) is 4. The zero-order valence-corrected chi connectivity index (χ0v) is 11.6. The highest BCUT2D eigenvalue weighted by Crippen LogP contribution is 2.37. The molecule has 0 atom stereocenters. The van der Waals surface area contributed by atoms with Gasteiger partial charge >= 0.3 is 0 Å². The van der Waals surface area contributed by atoms with Crippen LogP contribution in [0.4, 0.5) is 0 Å². The van der Waals surface area contributed by atoms with Gasteiger partial charge in [0.05, 0.1) is 24.9 Å². The molecule has 5 heteroatoms. The first-order valence-electron chi connectivity index (χ1n) is 5.23. The van der Waals surface area contributed by atoms with Gasteiger partial charge in [0, 0.05) is 10.9 Å². The number of ether oxygens (including phenoxy) is 2. The van der Waals surface area contributed by atoms with Crippen LogP contribution >= 0.6 is 15.9 Å². The molecule has 0 aromatic heterocycles. The Morgan fingerprint density at radius 2 is 1.72 bits per heavy atom. The van der Waals surface area contributed by atoms with Gasteiger partial charge in [0.2, 0.25) is 0 Å². The average molecular weight is 310 g/mol. The second-order valence-corrected chi connectivity index (χ2v) is 4.40. The number of oxime groups is 1. The summed E-state index contributed by atoms with van der Waals surface area (Å²) >= 11 is 3.50. The molecule has 0 amide bonds. The number of hydrogen-bond donors (Lipinski definition) is 1. The molecule has 2 aromatic carbocycles. The minimum absolute atomic E-state index is 0.634. The highest BCUT2D eigenvalue weighted by atomic mass is 79.9. The zero-order valence-electron chi connectivity index (χ0n) is 9.98. The third-order valence-corrected chi connectivity index (χ3v) is 3.50. The van der Waals surface area contributed by atoms with E-state index in [2.05, 4.69) is 21.1 Å². The molecule has 0 saturated carbocycles. The van der Waals surface area contributed by atoms with E-state index in [-0.39, 0.29) is 0 Å². The molecule has 0 bridgehead atoms. The third kappa shape index (κ3) is 2.01. The second-order valence-electron chi connectivity index (χ2n) is 3.61. The number of rotatable bonds is 3. The highest BCUT2D eigenvalue weighted by molar-refractivity contribution is 9.10. The van der Waals surface area contributed by atoms with Crippen LogP contribution in [0.3, 0.4) is 0 Å². The normalized spacial score (nSPS) is 11.1. The minimum Gasteiger partial charge on any atom is -0.496 e. The van der Waals surface area contributed by atoms with Crippen molar-refractivity contribution in [2.24, 2.45) is 5.16 Å². The maximum atomic E-state index is 8.78. The van der Waals surface area contributed by atoms with Crippen LogP contribution in [0.15, 0.2) is 33.9 Å². The van der Waals surface area contributed by atoms with Crippen molar-refractivity contribution in [3.63, 3.8) is 0 Å². The summed E-state index contributed by atoms with van der Waals surface area (Å²) in [5.41, 5.74) is 0.697. The van der Waals surface area contributed by atoms with Gasteiger partial charge in [-0.1, -0.05) is 17.3 Å². The molecule has 0 aliphatic rings. The monoisotopic (exact) mass is 309 g/mol. The zero-order chi connectivity index (χ0) is 13.1. The van der Waals surface area contributed by atoms with Gasteiger partial charge in [0.15, 0.2) is 0 Å². The summed E-state index contributed by atoms with van der Waals surface area (Å²) in [6.07, 6.45) is 1.35. The van der Waals surface area contributed by atoms with Crippen molar-refractivity contribution in [2.75, 3.05) is 14.2 Å². The molecule has 0 fully saturated rings. The van der Waals surface area contributed by atoms with Gasteiger partial charge in [-0.05, 0) is 33.4 Å². The molecule has 4 nitrogen and oxygen atoms in total. The summed E-state index contributed by atoms with van der Waals surface area (Å²) in [5, 5.41) is 13.8. The van der Waals surface area contributed by atoms with E-state index in [1.807, 2.05) is 24.3 Å². The molecule has 2 rings (SSSR count). The van der Waals surface area contributed by atoms with Crippen molar-refractivity contribution < 1.29 is 14.7 Å². The van der Waals surface area contributed by atoms with Crippen LogP contribution in [0.25, 0.3) is 10.8 Å². The lowest BCUT2D eigenvalue weighted by atomic mass is 10.0. The average Bonchev–Trinajstić information content (AvgIpc) is 2.39. The quantitative estimate of drug-likeness (QED) is 0.537. The predicted molar refractivity (Wildman–Crippen MR) is 74.1 cm³/mol. The number of fused-ring (bicyclic) bond motifs is 1. The SMILES string of the molecule is COc1ccc2ccc(OC)c(/C=N/O)c2c1Br. The summed E-state index contributed by atoms with van der Waals surface area (Å²) in [7, 11) is 3.18. The van der Waals surface area contributed by atoms with E-state index in [9.17, 15) is 0 Å². The van der Waals surface area contributed by atoms with Crippen molar-refractivity contribution in [1.82, 2.24) is 0 Å². The third-order valence-electron chi connectivity index (χ3n) is 2.71. The summed E-state index contributed by atoms with van der Waals surface area (Å²) in [5.74, 6) is 1.34. The van der Waals surface area contributed by atoms with Crippen LogP contribution in [0.1, 0.15) is 5.56 Å². The Bertz CT molecular complexity index is 605. The molecule has 0 spiro atoms. The fourth-order valence-corrected chi connectivity index (χ4v) is 2.62. The Hall–Kier alpha value is -1.75. The van der Waals surface area contributed by atoms with Crippen LogP contribution < -0.4 is 9.47 Å². The Morgan fingerprint density at radius 1 is 1.11 bits per heavy atom. The van der Waals surface area contributed by atoms with Crippen molar-refractivity contribution in [1.29, 1.82) is 0 Å². The largest absolute Gasteiger partial charge is 0.496 e. The Morgan fingerprint density at radius 3 is 2.28 bits per heavy atom. The van der Waals surface area contributed by atoms with Crippen LogP contribution in [-0.2, 0) is 0 Å². The minimum atomic E-state index is 0.634. The maximum Gasteiger partial charge on any atom is 0.133 e. The lowest BCUT2D eigenvalue weighted by Gasteiger charge is -2.12. The molecule has 94 valence electrons. The van der Waals surface area contributed by atoms with Gasteiger partial charge in [-0.3, -0.25) is 0 Å². The van der Waals surface area contributed by atoms with Gasteiger partial charge in [-0.15, -0.1) is 0 Å². The molecule has 0 radical (unpaired) electrons. The van der Waals surface area contributed by atoms with Crippen LogP contribution in [-0.4, -0.2) is 25.6 Å². The van der Waals surface area contributed by atoms with E-state index in [1.165, 1.54) is 6.21 Å². The summed E-state index contributed by atoms with van der Waals surface area (Å²) in [6.45, 7) is 0. The summed E-state index contributed by atoms with van der Waals surface area (Å²) in [6, 6.07) is 7.58. The molecular weight excluding hydrogens is 298 g/mol. The number of benzene rings is 2. The molecule has 0 aliphatic heterocycles.